The first-order valence-electron chi connectivity index (χ1n) is 5.15. The predicted octanol–water partition coefficient (Wildman–Crippen LogP) is 3.47. The molecular formula is C12H8BrClFN3O. The van der Waals surface area contributed by atoms with E-state index in [0.29, 0.717) is 9.50 Å². The van der Waals surface area contributed by atoms with Crippen LogP contribution in [-0.2, 0) is 0 Å². The van der Waals surface area contributed by atoms with Crippen LogP contribution in [0.2, 0.25) is 5.02 Å². The van der Waals surface area contributed by atoms with Gasteiger partial charge in [0.1, 0.15) is 11.6 Å². The normalized spacial score (nSPS) is 10.3. The van der Waals surface area contributed by atoms with Crippen molar-refractivity contribution in [2.75, 3.05) is 11.1 Å². The molecule has 0 bridgehead atoms. The number of carbonyl (C=O) groups is 1. The second kappa shape index (κ2) is 5.54. The van der Waals surface area contributed by atoms with Crippen LogP contribution in [0.3, 0.4) is 0 Å². The third-order valence-electron chi connectivity index (χ3n) is 2.31. The Bertz CT molecular complexity index is 651. The van der Waals surface area contributed by atoms with Gasteiger partial charge in [0, 0.05) is 15.7 Å². The summed E-state index contributed by atoms with van der Waals surface area (Å²) in [6.07, 6.45) is 1.46. The van der Waals surface area contributed by atoms with Crippen molar-refractivity contribution in [1.82, 2.24) is 4.98 Å². The highest BCUT2D eigenvalue weighted by atomic mass is 79.9. The fraction of sp³-hybridized carbons (Fsp3) is 0. The van der Waals surface area contributed by atoms with Gasteiger partial charge in [-0.3, -0.25) is 4.79 Å². The molecule has 2 aromatic rings. The number of nitrogens with one attached hydrogen (secondary N) is 1. The number of aromatic nitrogens is 1. The molecule has 0 aliphatic rings. The number of amides is 1. The van der Waals surface area contributed by atoms with Crippen molar-refractivity contribution in [3.8, 4) is 0 Å². The van der Waals surface area contributed by atoms with Gasteiger partial charge in [-0.05, 0) is 40.2 Å². The molecule has 98 valence electrons. The van der Waals surface area contributed by atoms with Gasteiger partial charge in [0.25, 0.3) is 5.91 Å². The monoisotopic (exact) mass is 343 g/mol. The minimum absolute atomic E-state index is 0.0168. The van der Waals surface area contributed by atoms with E-state index in [1.807, 2.05) is 0 Å². The van der Waals surface area contributed by atoms with Crippen molar-refractivity contribution in [1.29, 1.82) is 0 Å². The molecule has 7 heteroatoms. The van der Waals surface area contributed by atoms with E-state index in [1.165, 1.54) is 30.5 Å². The molecular weight excluding hydrogens is 337 g/mol. The van der Waals surface area contributed by atoms with Crippen molar-refractivity contribution in [3.05, 3.63) is 51.3 Å². The zero-order valence-electron chi connectivity index (χ0n) is 9.45. The van der Waals surface area contributed by atoms with E-state index in [1.54, 1.807) is 0 Å². The van der Waals surface area contributed by atoms with Crippen molar-refractivity contribution in [3.63, 3.8) is 0 Å². The number of pyridine rings is 1. The van der Waals surface area contributed by atoms with E-state index < -0.39 is 11.7 Å². The molecule has 0 saturated carbocycles. The van der Waals surface area contributed by atoms with Crippen molar-refractivity contribution in [2.45, 2.75) is 0 Å². The van der Waals surface area contributed by atoms with E-state index in [9.17, 15) is 9.18 Å². The lowest BCUT2D eigenvalue weighted by Crippen LogP contribution is -2.15. The SMILES string of the molecule is Nc1ncc(Br)cc1C(=O)Nc1cc(Cl)ccc1F. The zero-order valence-corrected chi connectivity index (χ0v) is 11.8. The molecule has 4 nitrogen and oxygen atoms in total. The van der Waals surface area contributed by atoms with Crippen molar-refractivity contribution >= 4 is 44.9 Å². The molecule has 1 heterocycles. The Morgan fingerprint density at radius 3 is 2.89 bits per heavy atom. The minimum Gasteiger partial charge on any atom is -0.383 e. The van der Waals surface area contributed by atoms with Gasteiger partial charge in [-0.1, -0.05) is 11.6 Å². The molecule has 0 unspecified atom stereocenters. The lowest BCUT2D eigenvalue weighted by molar-refractivity contribution is 0.102. The number of hydrogen-bond donors (Lipinski definition) is 2. The summed E-state index contributed by atoms with van der Waals surface area (Å²) in [6, 6.07) is 5.37. The van der Waals surface area contributed by atoms with Gasteiger partial charge < -0.3 is 11.1 Å². The van der Waals surface area contributed by atoms with Gasteiger partial charge in [-0.25, -0.2) is 9.37 Å². The molecule has 0 radical (unpaired) electrons. The van der Waals surface area contributed by atoms with Crippen LogP contribution in [0.25, 0.3) is 0 Å². The maximum atomic E-state index is 13.5. The molecule has 19 heavy (non-hydrogen) atoms. The molecule has 0 saturated heterocycles. The van der Waals surface area contributed by atoms with Gasteiger partial charge in [0.05, 0.1) is 11.3 Å². The van der Waals surface area contributed by atoms with Gasteiger partial charge in [-0.15, -0.1) is 0 Å². The van der Waals surface area contributed by atoms with Crippen LogP contribution in [0, 0.1) is 5.82 Å². The first-order chi connectivity index (χ1) is 8.97. The highest BCUT2D eigenvalue weighted by Gasteiger charge is 2.14. The van der Waals surface area contributed by atoms with Crippen molar-refractivity contribution < 1.29 is 9.18 Å². The van der Waals surface area contributed by atoms with Gasteiger partial charge in [-0.2, -0.15) is 0 Å². The summed E-state index contributed by atoms with van der Waals surface area (Å²) in [6.45, 7) is 0. The smallest absolute Gasteiger partial charge is 0.259 e. The minimum atomic E-state index is -0.584. The summed E-state index contributed by atoms with van der Waals surface area (Å²) in [4.78, 5) is 15.8. The third-order valence-corrected chi connectivity index (χ3v) is 2.98. The Morgan fingerprint density at radius 1 is 1.42 bits per heavy atom. The lowest BCUT2D eigenvalue weighted by Gasteiger charge is -2.08. The molecule has 1 aromatic heterocycles. The van der Waals surface area contributed by atoms with E-state index in [0.717, 1.165) is 0 Å². The fourth-order valence-electron chi connectivity index (χ4n) is 1.41. The van der Waals surface area contributed by atoms with Crippen LogP contribution in [0.5, 0.6) is 0 Å². The summed E-state index contributed by atoms with van der Waals surface area (Å²) in [5.74, 6) is -1.09. The third kappa shape index (κ3) is 3.21. The molecule has 1 amide bonds. The number of benzene rings is 1. The Morgan fingerprint density at radius 2 is 2.16 bits per heavy atom. The summed E-state index contributed by atoms with van der Waals surface area (Å²) in [5.41, 5.74) is 5.73. The van der Waals surface area contributed by atoms with Crippen LogP contribution < -0.4 is 11.1 Å². The Hall–Kier alpha value is -1.66. The highest BCUT2D eigenvalue weighted by molar-refractivity contribution is 9.10. The quantitative estimate of drug-likeness (QED) is 0.876. The largest absolute Gasteiger partial charge is 0.383 e. The molecule has 0 spiro atoms. The van der Waals surface area contributed by atoms with Crippen LogP contribution >= 0.6 is 27.5 Å². The van der Waals surface area contributed by atoms with Crippen LogP contribution in [0.4, 0.5) is 15.9 Å². The number of anilines is 2. The van der Waals surface area contributed by atoms with Crippen molar-refractivity contribution in [2.24, 2.45) is 0 Å². The number of nitrogens with zero attached hydrogens (tertiary/aromatic N) is 1. The summed E-state index contributed by atoms with van der Waals surface area (Å²) < 4.78 is 14.1. The molecule has 0 aliphatic carbocycles. The fourth-order valence-corrected chi connectivity index (χ4v) is 1.92. The van der Waals surface area contributed by atoms with Crippen LogP contribution in [-0.4, -0.2) is 10.9 Å². The Kier molecular flexibility index (Phi) is 4.01. The van der Waals surface area contributed by atoms with Gasteiger partial charge >= 0.3 is 0 Å². The van der Waals surface area contributed by atoms with E-state index in [4.69, 9.17) is 17.3 Å². The summed E-state index contributed by atoms with van der Waals surface area (Å²) >= 11 is 8.92. The molecule has 1 aromatic carbocycles. The summed E-state index contributed by atoms with van der Waals surface area (Å²) in [7, 11) is 0. The average molecular weight is 345 g/mol. The number of nitrogen functional groups attached to an aromatic ring is 1. The standard InChI is InChI=1S/C12H8BrClFN3O/c13-6-3-8(11(16)17-5-6)12(19)18-10-4-7(14)1-2-9(10)15/h1-5H,(H2,16,17)(H,18,19). The second-order valence-electron chi connectivity index (χ2n) is 3.66. The number of hydrogen-bond acceptors (Lipinski definition) is 3. The van der Waals surface area contributed by atoms with Gasteiger partial charge in [0.2, 0.25) is 0 Å². The number of carbonyl (C=O) groups excluding carboxylic acids is 1. The Labute approximate surface area is 121 Å². The molecule has 2 rings (SSSR count). The van der Waals surface area contributed by atoms with Gasteiger partial charge in [0.15, 0.2) is 0 Å². The first kappa shape index (κ1) is 13.8. The van der Waals surface area contributed by atoms with E-state index in [2.05, 4.69) is 26.2 Å². The number of rotatable bonds is 2. The Balaban J connectivity index is 2.30. The molecule has 0 fully saturated rings. The number of nitrogens with two attached hydrogens (primary N) is 1. The lowest BCUT2D eigenvalue weighted by atomic mass is 10.2. The topological polar surface area (TPSA) is 68.0 Å². The van der Waals surface area contributed by atoms with Crippen LogP contribution in [0.15, 0.2) is 34.9 Å². The zero-order chi connectivity index (χ0) is 14.0. The first-order valence-corrected chi connectivity index (χ1v) is 6.32. The van der Waals surface area contributed by atoms with E-state index in [-0.39, 0.29) is 17.1 Å². The predicted molar refractivity (Wildman–Crippen MR) is 75.7 cm³/mol. The highest BCUT2D eigenvalue weighted by Crippen LogP contribution is 2.22. The number of halogens is 3. The maximum absolute atomic E-state index is 13.5. The maximum Gasteiger partial charge on any atom is 0.259 e. The average Bonchev–Trinajstić information content (AvgIpc) is 2.36. The summed E-state index contributed by atoms with van der Waals surface area (Å²) in [5, 5.41) is 2.71. The van der Waals surface area contributed by atoms with E-state index >= 15 is 0 Å². The molecule has 3 N–H and O–H groups in total. The molecule has 0 atom stereocenters. The van der Waals surface area contributed by atoms with Crippen LogP contribution in [0.1, 0.15) is 10.4 Å². The molecule has 0 aliphatic heterocycles. The second-order valence-corrected chi connectivity index (χ2v) is 5.02.